The molecule has 94 valence electrons. The van der Waals surface area contributed by atoms with E-state index in [4.69, 9.17) is 0 Å². The second kappa shape index (κ2) is 4.46. The molecule has 0 spiro atoms. The topological polar surface area (TPSA) is 42.2 Å². The van der Waals surface area contributed by atoms with Crippen LogP contribution in [-0.4, -0.2) is 14.4 Å². The van der Waals surface area contributed by atoms with Crippen molar-refractivity contribution in [3.8, 4) is 0 Å². The average Bonchev–Trinajstić information content (AvgIpc) is 3.02. The van der Waals surface area contributed by atoms with Crippen molar-refractivity contribution in [3.05, 3.63) is 40.1 Å². The minimum Gasteiger partial charge on any atom is -0.300 e. The van der Waals surface area contributed by atoms with Gasteiger partial charge in [-0.3, -0.25) is 4.40 Å². The number of fused-ring (bicyclic) bond motifs is 1. The van der Waals surface area contributed by atoms with E-state index in [1.54, 1.807) is 22.7 Å². The molecule has 0 aliphatic heterocycles. The van der Waals surface area contributed by atoms with Gasteiger partial charge < -0.3 is 5.32 Å². The SMILES string of the molecule is CC(C)(NCc1cn2ccsc2n1)c1nccs1. The van der Waals surface area contributed by atoms with Crippen LogP contribution in [0.15, 0.2) is 29.4 Å². The fourth-order valence-electron chi connectivity index (χ4n) is 1.78. The molecule has 0 fully saturated rings. The Morgan fingerprint density at radius 1 is 1.33 bits per heavy atom. The highest BCUT2D eigenvalue weighted by molar-refractivity contribution is 7.15. The molecule has 6 heteroatoms. The summed E-state index contributed by atoms with van der Waals surface area (Å²) >= 11 is 3.33. The zero-order valence-electron chi connectivity index (χ0n) is 10.3. The number of nitrogens with zero attached hydrogens (tertiary/aromatic N) is 3. The van der Waals surface area contributed by atoms with E-state index in [1.807, 2.05) is 23.2 Å². The van der Waals surface area contributed by atoms with Gasteiger partial charge in [-0.15, -0.1) is 22.7 Å². The van der Waals surface area contributed by atoms with Crippen molar-refractivity contribution >= 4 is 27.6 Å². The summed E-state index contributed by atoms with van der Waals surface area (Å²) in [6.07, 6.45) is 5.94. The van der Waals surface area contributed by atoms with E-state index in [0.717, 1.165) is 22.2 Å². The first kappa shape index (κ1) is 11.8. The van der Waals surface area contributed by atoms with Gasteiger partial charge in [-0.2, -0.15) is 0 Å². The Bertz CT molecular complexity index is 607. The molecule has 18 heavy (non-hydrogen) atoms. The Hall–Kier alpha value is -1.24. The maximum Gasteiger partial charge on any atom is 0.193 e. The van der Waals surface area contributed by atoms with Crippen LogP contribution in [0, 0.1) is 0 Å². The largest absolute Gasteiger partial charge is 0.300 e. The Morgan fingerprint density at radius 3 is 2.94 bits per heavy atom. The highest BCUT2D eigenvalue weighted by atomic mass is 32.1. The molecule has 3 aromatic heterocycles. The van der Waals surface area contributed by atoms with Crippen molar-refractivity contribution in [2.24, 2.45) is 0 Å². The number of nitrogens with one attached hydrogen (secondary N) is 1. The van der Waals surface area contributed by atoms with E-state index < -0.39 is 0 Å². The standard InChI is InChI=1S/C12H14N4S2/c1-12(2,10-13-3-5-17-10)14-7-9-8-16-4-6-18-11(16)15-9/h3-6,8,14H,7H2,1-2H3. The van der Waals surface area contributed by atoms with Gasteiger partial charge in [0.05, 0.1) is 11.2 Å². The molecule has 1 N–H and O–H groups in total. The lowest BCUT2D eigenvalue weighted by Crippen LogP contribution is -2.35. The molecule has 0 aliphatic carbocycles. The molecule has 3 heterocycles. The fourth-order valence-corrected chi connectivity index (χ4v) is 3.24. The van der Waals surface area contributed by atoms with Crippen LogP contribution < -0.4 is 5.32 Å². The Morgan fingerprint density at radius 2 is 2.22 bits per heavy atom. The average molecular weight is 278 g/mol. The summed E-state index contributed by atoms with van der Waals surface area (Å²) in [4.78, 5) is 9.97. The van der Waals surface area contributed by atoms with Gasteiger partial charge in [0.15, 0.2) is 4.96 Å². The zero-order chi connectivity index (χ0) is 12.6. The molecule has 0 amide bonds. The van der Waals surface area contributed by atoms with Crippen molar-refractivity contribution in [2.45, 2.75) is 25.9 Å². The highest BCUT2D eigenvalue weighted by Crippen LogP contribution is 2.22. The number of imidazole rings is 1. The van der Waals surface area contributed by atoms with Crippen LogP contribution >= 0.6 is 22.7 Å². The Kier molecular flexibility index (Phi) is 2.93. The van der Waals surface area contributed by atoms with Gasteiger partial charge in [0.2, 0.25) is 0 Å². The van der Waals surface area contributed by atoms with Gasteiger partial charge in [0, 0.05) is 35.9 Å². The minimum atomic E-state index is -0.120. The minimum absolute atomic E-state index is 0.120. The highest BCUT2D eigenvalue weighted by Gasteiger charge is 2.22. The third-order valence-corrected chi connectivity index (χ3v) is 4.69. The van der Waals surface area contributed by atoms with E-state index >= 15 is 0 Å². The van der Waals surface area contributed by atoms with Crippen molar-refractivity contribution in [1.29, 1.82) is 0 Å². The normalized spacial score (nSPS) is 12.3. The monoisotopic (exact) mass is 278 g/mol. The molecule has 0 bridgehead atoms. The van der Waals surface area contributed by atoms with Crippen LogP contribution in [0.25, 0.3) is 4.96 Å². The first-order valence-corrected chi connectivity index (χ1v) is 7.47. The molecule has 0 aliphatic rings. The lowest BCUT2D eigenvalue weighted by Gasteiger charge is -2.23. The summed E-state index contributed by atoms with van der Waals surface area (Å²) in [5, 5.41) is 8.65. The molecule has 0 saturated heterocycles. The van der Waals surface area contributed by atoms with Gasteiger partial charge in [-0.05, 0) is 13.8 Å². The lowest BCUT2D eigenvalue weighted by atomic mass is 10.1. The van der Waals surface area contributed by atoms with Crippen LogP contribution in [-0.2, 0) is 12.1 Å². The molecule has 0 atom stereocenters. The molecular weight excluding hydrogens is 264 g/mol. The molecular formula is C12H14N4S2. The third-order valence-electron chi connectivity index (χ3n) is 2.82. The predicted octanol–water partition coefficient (Wildman–Crippen LogP) is 2.88. The second-order valence-electron chi connectivity index (χ2n) is 4.64. The summed E-state index contributed by atoms with van der Waals surface area (Å²) in [5.74, 6) is 0. The van der Waals surface area contributed by atoms with Gasteiger partial charge >= 0.3 is 0 Å². The third kappa shape index (κ3) is 2.19. The van der Waals surface area contributed by atoms with E-state index in [0.29, 0.717) is 0 Å². The van der Waals surface area contributed by atoms with Crippen molar-refractivity contribution in [3.63, 3.8) is 0 Å². The Labute approximate surface area is 113 Å². The van der Waals surface area contributed by atoms with Gasteiger partial charge in [-0.1, -0.05) is 0 Å². The second-order valence-corrected chi connectivity index (χ2v) is 6.41. The van der Waals surface area contributed by atoms with Crippen LogP contribution in [0.4, 0.5) is 0 Å². The van der Waals surface area contributed by atoms with E-state index in [9.17, 15) is 0 Å². The van der Waals surface area contributed by atoms with E-state index in [1.165, 1.54) is 0 Å². The molecule has 0 unspecified atom stereocenters. The summed E-state index contributed by atoms with van der Waals surface area (Å²) < 4.78 is 2.05. The number of rotatable bonds is 4. The maximum absolute atomic E-state index is 4.56. The summed E-state index contributed by atoms with van der Waals surface area (Å²) in [7, 11) is 0. The van der Waals surface area contributed by atoms with Crippen molar-refractivity contribution in [2.75, 3.05) is 0 Å². The summed E-state index contributed by atoms with van der Waals surface area (Å²) in [6.45, 7) is 5.04. The number of aromatic nitrogens is 3. The lowest BCUT2D eigenvalue weighted by molar-refractivity contribution is 0.397. The fraction of sp³-hybridized carbons (Fsp3) is 0.333. The first-order chi connectivity index (χ1) is 8.65. The van der Waals surface area contributed by atoms with Gasteiger partial charge in [0.1, 0.15) is 5.01 Å². The molecule has 3 rings (SSSR count). The molecule has 3 aromatic rings. The van der Waals surface area contributed by atoms with Crippen LogP contribution in [0.2, 0.25) is 0 Å². The quantitative estimate of drug-likeness (QED) is 0.798. The zero-order valence-corrected chi connectivity index (χ0v) is 11.9. The van der Waals surface area contributed by atoms with E-state index in [2.05, 4.69) is 39.7 Å². The van der Waals surface area contributed by atoms with E-state index in [-0.39, 0.29) is 5.54 Å². The Balaban J connectivity index is 1.72. The van der Waals surface area contributed by atoms with Crippen LogP contribution in [0.3, 0.4) is 0 Å². The number of hydrogen-bond acceptors (Lipinski definition) is 5. The maximum atomic E-state index is 4.56. The summed E-state index contributed by atoms with van der Waals surface area (Å²) in [5.41, 5.74) is 0.942. The molecule has 0 aromatic carbocycles. The predicted molar refractivity (Wildman–Crippen MR) is 75.0 cm³/mol. The van der Waals surface area contributed by atoms with Gasteiger partial charge in [-0.25, -0.2) is 9.97 Å². The smallest absolute Gasteiger partial charge is 0.193 e. The molecule has 4 nitrogen and oxygen atoms in total. The molecule has 0 saturated carbocycles. The number of hydrogen-bond donors (Lipinski definition) is 1. The van der Waals surface area contributed by atoms with Gasteiger partial charge in [0.25, 0.3) is 0 Å². The van der Waals surface area contributed by atoms with Crippen molar-refractivity contribution in [1.82, 2.24) is 19.7 Å². The van der Waals surface area contributed by atoms with Crippen molar-refractivity contribution < 1.29 is 0 Å². The van der Waals surface area contributed by atoms with Crippen LogP contribution in [0.5, 0.6) is 0 Å². The number of thiazole rings is 2. The molecule has 0 radical (unpaired) electrons. The first-order valence-electron chi connectivity index (χ1n) is 5.71. The summed E-state index contributed by atoms with van der Waals surface area (Å²) in [6, 6.07) is 0. The van der Waals surface area contributed by atoms with Crippen LogP contribution in [0.1, 0.15) is 24.5 Å².